The number of nitrogens with zero attached hydrogens (tertiary/aromatic N) is 1. The fraction of sp³-hybridized carbons (Fsp3) is 0.438. The summed E-state index contributed by atoms with van der Waals surface area (Å²) >= 11 is 0. The Morgan fingerprint density at radius 1 is 1.35 bits per heavy atom. The molecular formula is C16H19NO3. The Balaban J connectivity index is 2.07. The molecule has 1 fully saturated rings. The highest BCUT2D eigenvalue weighted by molar-refractivity contribution is 5.94. The molecule has 106 valence electrons. The lowest BCUT2D eigenvalue weighted by atomic mass is 10.1. The molecule has 1 aromatic rings. The molecule has 0 aromatic heterocycles. The second kappa shape index (κ2) is 7.09. The summed E-state index contributed by atoms with van der Waals surface area (Å²) in [6.07, 6.45) is 1.43. The predicted molar refractivity (Wildman–Crippen MR) is 76.2 cm³/mol. The number of likely N-dealkylation sites (tertiary alicyclic amines) is 1. The van der Waals surface area contributed by atoms with Gasteiger partial charge >= 0.3 is 0 Å². The second-order valence-corrected chi connectivity index (χ2v) is 4.88. The van der Waals surface area contributed by atoms with Crippen molar-refractivity contribution in [3.8, 4) is 11.8 Å². The van der Waals surface area contributed by atoms with Crippen LogP contribution in [0.5, 0.6) is 0 Å². The standard InChI is InChI=1S/C16H19NO3/c18-11-2-1-4-13-5-3-6-14(12-13)16(20)17-9-7-15(19)8-10-17/h3,5-6,12,15,18-19H,2,7-11H2. The van der Waals surface area contributed by atoms with Gasteiger partial charge in [-0.25, -0.2) is 0 Å². The molecule has 1 aromatic carbocycles. The van der Waals surface area contributed by atoms with E-state index in [0.29, 0.717) is 37.9 Å². The van der Waals surface area contributed by atoms with Gasteiger partial charge in [-0.1, -0.05) is 17.9 Å². The number of carbonyl (C=O) groups is 1. The maximum atomic E-state index is 12.3. The zero-order chi connectivity index (χ0) is 14.4. The Kier molecular flexibility index (Phi) is 5.16. The highest BCUT2D eigenvalue weighted by Crippen LogP contribution is 2.14. The number of hydrogen-bond acceptors (Lipinski definition) is 3. The highest BCUT2D eigenvalue weighted by Gasteiger charge is 2.22. The van der Waals surface area contributed by atoms with Gasteiger partial charge in [-0.05, 0) is 31.0 Å². The van der Waals surface area contributed by atoms with E-state index in [0.717, 1.165) is 5.56 Å². The van der Waals surface area contributed by atoms with E-state index in [1.807, 2.05) is 12.1 Å². The lowest BCUT2D eigenvalue weighted by Crippen LogP contribution is -2.40. The summed E-state index contributed by atoms with van der Waals surface area (Å²) in [7, 11) is 0. The molecule has 1 aliphatic heterocycles. The Morgan fingerprint density at radius 3 is 2.80 bits per heavy atom. The zero-order valence-electron chi connectivity index (χ0n) is 11.4. The van der Waals surface area contributed by atoms with Crippen molar-refractivity contribution in [2.45, 2.75) is 25.4 Å². The van der Waals surface area contributed by atoms with Gasteiger partial charge < -0.3 is 15.1 Å². The van der Waals surface area contributed by atoms with Crippen LogP contribution in [-0.2, 0) is 0 Å². The van der Waals surface area contributed by atoms with Crippen LogP contribution in [0.25, 0.3) is 0 Å². The summed E-state index contributed by atoms with van der Waals surface area (Å²) in [5.41, 5.74) is 1.40. The molecule has 0 spiro atoms. The number of rotatable bonds is 2. The number of carbonyl (C=O) groups excluding carboxylic acids is 1. The Labute approximate surface area is 119 Å². The molecule has 1 aliphatic rings. The Morgan fingerprint density at radius 2 is 2.10 bits per heavy atom. The van der Waals surface area contributed by atoms with Gasteiger partial charge in [0.25, 0.3) is 5.91 Å². The van der Waals surface area contributed by atoms with E-state index in [9.17, 15) is 9.90 Å². The fourth-order valence-corrected chi connectivity index (χ4v) is 2.20. The van der Waals surface area contributed by atoms with E-state index >= 15 is 0 Å². The van der Waals surface area contributed by atoms with Crippen LogP contribution >= 0.6 is 0 Å². The van der Waals surface area contributed by atoms with Crippen LogP contribution in [0.1, 0.15) is 35.2 Å². The molecule has 20 heavy (non-hydrogen) atoms. The third-order valence-electron chi connectivity index (χ3n) is 3.33. The summed E-state index contributed by atoms with van der Waals surface area (Å²) in [6, 6.07) is 7.22. The van der Waals surface area contributed by atoms with E-state index < -0.39 is 0 Å². The van der Waals surface area contributed by atoms with Crippen LogP contribution in [0.4, 0.5) is 0 Å². The van der Waals surface area contributed by atoms with Crippen LogP contribution in [0.2, 0.25) is 0 Å². The van der Waals surface area contributed by atoms with Crippen LogP contribution in [-0.4, -0.2) is 46.8 Å². The van der Waals surface area contributed by atoms with E-state index in [4.69, 9.17) is 5.11 Å². The van der Waals surface area contributed by atoms with E-state index in [1.165, 1.54) is 0 Å². The lowest BCUT2D eigenvalue weighted by Gasteiger charge is -2.29. The average molecular weight is 273 g/mol. The van der Waals surface area contributed by atoms with Crippen LogP contribution in [0.3, 0.4) is 0 Å². The molecule has 0 bridgehead atoms. The molecule has 0 atom stereocenters. The maximum absolute atomic E-state index is 12.3. The normalized spacial score (nSPS) is 15.6. The topological polar surface area (TPSA) is 60.8 Å². The van der Waals surface area contributed by atoms with Gasteiger partial charge in [-0.15, -0.1) is 0 Å². The Hall–Kier alpha value is -1.83. The van der Waals surface area contributed by atoms with Gasteiger partial charge in [0.2, 0.25) is 0 Å². The first-order chi connectivity index (χ1) is 9.70. The third kappa shape index (κ3) is 3.83. The molecule has 1 heterocycles. The molecular weight excluding hydrogens is 254 g/mol. The number of aliphatic hydroxyl groups excluding tert-OH is 2. The van der Waals surface area contributed by atoms with Crippen LogP contribution in [0, 0.1) is 11.8 Å². The first kappa shape index (κ1) is 14.6. The lowest BCUT2D eigenvalue weighted by molar-refractivity contribution is 0.0546. The fourth-order valence-electron chi connectivity index (χ4n) is 2.20. The summed E-state index contributed by atoms with van der Waals surface area (Å²) in [5, 5.41) is 18.2. The molecule has 1 saturated heterocycles. The zero-order valence-corrected chi connectivity index (χ0v) is 11.4. The van der Waals surface area contributed by atoms with E-state index in [1.54, 1.807) is 17.0 Å². The van der Waals surface area contributed by atoms with Gasteiger partial charge in [0.15, 0.2) is 0 Å². The minimum absolute atomic E-state index is 0.0114. The highest BCUT2D eigenvalue weighted by atomic mass is 16.3. The molecule has 0 saturated carbocycles. The number of benzene rings is 1. The number of hydrogen-bond donors (Lipinski definition) is 2. The van der Waals surface area contributed by atoms with Crippen molar-refractivity contribution >= 4 is 5.91 Å². The number of piperidine rings is 1. The van der Waals surface area contributed by atoms with Gasteiger partial charge in [-0.2, -0.15) is 0 Å². The summed E-state index contributed by atoms with van der Waals surface area (Å²) in [6.45, 7) is 1.24. The molecule has 0 aliphatic carbocycles. The van der Waals surface area contributed by atoms with Gasteiger partial charge in [0.1, 0.15) is 0 Å². The molecule has 1 amide bonds. The summed E-state index contributed by atoms with van der Waals surface area (Å²) in [5.74, 6) is 5.76. The third-order valence-corrected chi connectivity index (χ3v) is 3.33. The van der Waals surface area contributed by atoms with Crippen molar-refractivity contribution in [3.63, 3.8) is 0 Å². The predicted octanol–water partition coefficient (Wildman–Crippen LogP) is 1.02. The summed E-state index contributed by atoms with van der Waals surface area (Å²) < 4.78 is 0. The first-order valence-corrected chi connectivity index (χ1v) is 6.88. The van der Waals surface area contributed by atoms with Gasteiger partial charge in [-0.3, -0.25) is 4.79 Å². The van der Waals surface area contributed by atoms with Crippen molar-refractivity contribution in [1.82, 2.24) is 4.90 Å². The number of amides is 1. The van der Waals surface area contributed by atoms with Crippen molar-refractivity contribution < 1.29 is 15.0 Å². The number of aliphatic hydroxyl groups is 2. The molecule has 4 nitrogen and oxygen atoms in total. The van der Waals surface area contributed by atoms with Crippen LogP contribution < -0.4 is 0 Å². The van der Waals surface area contributed by atoms with Crippen molar-refractivity contribution in [2.24, 2.45) is 0 Å². The summed E-state index contributed by atoms with van der Waals surface area (Å²) in [4.78, 5) is 14.1. The van der Waals surface area contributed by atoms with Crippen molar-refractivity contribution in [3.05, 3.63) is 35.4 Å². The SMILES string of the molecule is O=C(c1cccc(C#CCCO)c1)N1CCC(O)CC1. The Bertz CT molecular complexity index is 522. The maximum Gasteiger partial charge on any atom is 0.253 e. The smallest absolute Gasteiger partial charge is 0.253 e. The van der Waals surface area contributed by atoms with Gasteiger partial charge in [0, 0.05) is 30.6 Å². The molecule has 0 radical (unpaired) electrons. The largest absolute Gasteiger partial charge is 0.395 e. The average Bonchev–Trinajstić information content (AvgIpc) is 2.48. The second-order valence-electron chi connectivity index (χ2n) is 4.88. The van der Waals surface area contributed by atoms with Crippen molar-refractivity contribution in [2.75, 3.05) is 19.7 Å². The van der Waals surface area contributed by atoms with Crippen LogP contribution in [0.15, 0.2) is 24.3 Å². The van der Waals surface area contributed by atoms with E-state index in [2.05, 4.69) is 11.8 Å². The molecule has 2 rings (SSSR count). The quantitative estimate of drug-likeness (QED) is 0.791. The molecule has 4 heteroatoms. The van der Waals surface area contributed by atoms with Crippen molar-refractivity contribution in [1.29, 1.82) is 0 Å². The molecule has 0 unspecified atom stereocenters. The monoisotopic (exact) mass is 273 g/mol. The molecule has 2 N–H and O–H groups in total. The first-order valence-electron chi connectivity index (χ1n) is 6.88. The van der Waals surface area contributed by atoms with E-state index in [-0.39, 0.29) is 18.6 Å². The minimum atomic E-state index is -0.283. The van der Waals surface area contributed by atoms with Gasteiger partial charge in [0.05, 0.1) is 12.7 Å². The minimum Gasteiger partial charge on any atom is -0.395 e.